The van der Waals surface area contributed by atoms with Gasteiger partial charge in [0.05, 0.1) is 12.1 Å². The van der Waals surface area contributed by atoms with Crippen molar-refractivity contribution in [2.75, 3.05) is 5.32 Å². The van der Waals surface area contributed by atoms with E-state index in [1.54, 1.807) is 6.92 Å². The lowest BCUT2D eigenvalue weighted by Gasteiger charge is -2.04. The Hall–Kier alpha value is -2.73. The Bertz CT molecular complexity index is 1030. The van der Waals surface area contributed by atoms with Crippen LogP contribution in [-0.2, 0) is 17.6 Å². The van der Waals surface area contributed by atoms with Gasteiger partial charge in [-0.1, -0.05) is 19.1 Å². The molecule has 1 amide bonds. The lowest BCUT2D eigenvalue weighted by molar-refractivity contribution is -0.115. The molecule has 2 N–H and O–H groups in total. The molecule has 3 rings (SSSR count). The van der Waals surface area contributed by atoms with Gasteiger partial charge in [-0.3, -0.25) is 9.59 Å². The van der Waals surface area contributed by atoms with Crippen molar-refractivity contribution in [2.24, 2.45) is 0 Å². The number of aromatic amines is 1. The lowest BCUT2D eigenvalue weighted by Crippen LogP contribution is -2.14. The van der Waals surface area contributed by atoms with Gasteiger partial charge in [0.15, 0.2) is 5.78 Å². The van der Waals surface area contributed by atoms with E-state index in [4.69, 9.17) is 0 Å². The highest BCUT2D eigenvalue weighted by Crippen LogP contribution is 2.32. The van der Waals surface area contributed by atoms with Crippen LogP contribution < -0.4 is 5.32 Å². The summed E-state index contributed by atoms with van der Waals surface area (Å²) in [5.41, 5.74) is 6.17. The molecule has 2 aromatic heterocycles. The van der Waals surface area contributed by atoms with Gasteiger partial charge in [0.2, 0.25) is 5.91 Å². The van der Waals surface area contributed by atoms with E-state index < -0.39 is 0 Å². The summed E-state index contributed by atoms with van der Waals surface area (Å²) >= 11 is 1.51. The van der Waals surface area contributed by atoms with Crippen molar-refractivity contribution in [1.82, 2.24) is 9.97 Å². The molecule has 0 bridgehead atoms. The van der Waals surface area contributed by atoms with Crippen LogP contribution in [0.3, 0.4) is 0 Å². The first-order chi connectivity index (χ1) is 13.3. The molecule has 0 fully saturated rings. The van der Waals surface area contributed by atoms with E-state index in [1.165, 1.54) is 16.9 Å². The van der Waals surface area contributed by atoms with Crippen LogP contribution in [0.2, 0.25) is 0 Å². The number of aromatic nitrogens is 2. The van der Waals surface area contributed by atoms with Crippen molar-refractivity contribution >= 4 is 28.7 Å². The number of Topliss-reactive ketones (excluding diaryl/α,β-unsaturated/α-hetero) is 1. The Morgan fingerprint density at radius 2 is 1.82 bits per heavy atom. The monoisotopic (exact) mass is 395 g/mol. The standard InChI is InChI=1S/C22H25N3O2S/c1-6-16-7-9-17(10-8-16)24-18(27)11-19-25-22(15(5)28-19)21-12(2)20(14(4)26)13(3)23-21/h7-10,23H,6,11H2,1-5H3,(H,24,27). The summed E-state index contributed by atoms with van der Waals surface area (Å²) in [6.45, 7) is 9.49. The molecule has 2 heterocycles. The zero-order valence-electron chi connectivity index (χ0n) is 16.9. The van der Waals surface area contributed by atoms with Crippen molar-refractivity contribution in [1.29, 1.82) is 0 Å². The van der Waals surface area contributed by atoms with Gasteiger partial charge < -0.3 is 10.3 Å². The predicted octanol–water partition coefficient (Wildman–Crippen LogP) is 5.01. The number of nitrogens with one attached hydrogen (secondary N) is 2. The molecule has 0 unspecified atom stereocenters. The number of nitrogens with zero attached hydrogens (tertiary/aromatic N) is 1. The van der Waals surface area contributed by atoms with Crippen LogP contribution in [0.5, 0.6) is 0 Å². The number of benzene rings is 1. The Balaban J connectivity index is 1.78. The highest BCUT2D eigenvalue weighted by atomic mass is 32.1. The number of H-pyrrole nitrogens is 1. The third-order valence-corrected chi connectivity index (χ3v) is 5.80. The number of amides is 1. The van der Waals surface area contributed by atoms with Crippen molar-refractivity contribution in [3.05, 3.63) is 56.5 Å². The fourth-order valence-electron chi connectivity index (χ4n) is 3.44. The summed E-state index contributed by atoms with van der Waals surface area (Å²) in [6, 6.07) is 7.88. The fraction of sp³-hybridized carbons (Fsp3) is 0.318. The molecule has 0 aliphatic rings. The van der Waals surface area contributed by atoms with Gasteiger partial charge in [-0.05, 0) is 57.4 Å². The van der Waals surface area contributed by atoms with Gasteiger partial charge >= 0.3 is 0 Å². The van der Waals surface area contributed by atoms with Crippen molar-refractivity contribution in [2.45, 2.75) is 47.5 Å². The Kier molecular flexibility index (Phi) is 5.79. The normalized spacial score (nSPS) is 10.9. The van der Waals surface area contributed by atoms with E-state index in [1.807, 2.05) is 45.0 Å². The van der Waals surface area contributed by atoms with Crippen LogP contribution in [0.15, 0.2) is 24.3 Å². The fourth-order valence-corrected chi connectivity index (χ4v) is 4.38. The van der Waals surface area contributed by atoms with E-state index in [0.29, 0.717) is 0 Å². The average molecular weight is 396 g/mol. The molecular formula is C22H25N3O2S. The molecule has 0 atom stereocenters. The second-order valence-electron chi connectivity index (χ2n) is 6.97. The first kappa shape index (κ1) is 20.0. The number of anilines is 1. The molecule has 146 valence electrons. The molecule has 3 aromatic rings. The average Bonchev–Trinajstić information content (AvgIpc) is 3.13. The maximum absolute atomic E-state index is 12.4. The largest absolute Gasteiger partial charge is 0.356 e. The second kappa shape index (κ2) is 8.10. The quantitative estimate of drug-likeness (QED) is 0.576. The predicted molar refractivity (Wildman–Crippen MR) is 114 cm³/mol. The van der Waals surface area contributed by atoms with Gasteiger partial charge in [0.25, 0.3) is 0 Å². The number of thiazole rings is 1. The first-order valence-electron chi connectivity index (χ1n) is 9.35. The van der Waals surface area contributed by atoms with Gasteiger partial charge in [-0.15, -0.1) is 11.3 Å². The summed E-state index contributed by atoms with van der Waals surface area (Å²) in [5.74, 6) is -0.0487. The van der Waals surface area contributed by atoms with E-state index in [0.717, 1.165) is 50.2 Å². The molecule has 1 aromatic carbocycles. The first-order valence-corrected chi connectivity index (χ1v) is 10.2. The lowest BCUT2D eigenvalue weighted by atomic mass is 10.1. The summed E-state index contributed by atoms with van der Waals surface area (Å²) in [7, 11) is 0. The van der Waals surface area contributed by atoms with Gasteiger partial charge in [0, 0.05) is 21.8 Å². The molecule has 0 saturated carbocycles. The summed E-state index contributed by atoms with van der Waals surface area (Å²) in [5, 5.41) is 3.68. The Morgan fingerprint density at radius 3 is 2.39 bits per heavy atom. The van der Waals surface area contributed by atoms with Gasteiger partial charge in [0.1, 0.15) is 10.7 Å². The maximum Gasteiger partial charge on any atom is 0.231 e. The zero-order valence-corrected chi connectivity index (χ0v) is 17.7. The second-order valence-corrected chi connectivity index (χ2v) is 8.26. The van der Waals surface area contributed by atoms with E-state index in [-0.39, 0.29) is 18.1 Å². The third-order valence-electron chi connectivity index (χ3n) is 4.82. The van der Waals surface area contributed by atoms with Crippen LogP contribution in [0.4, 0.5) is 5.69 Å². The molecule has 6 heteroatoms. The summed E-state index contributed by atoms with van der Waals surface area (Å²) in [4.78, 5) is 33.3. The van der Waals surface area contributed by atoms with Crippen LogP contribution >= 0.6 is 11.3 Å². The molecule has 0 saturated heterocycles. The highest BCUT2D eigenvalue weighted by Gasteiger charge is 2.20. The molecular weight excluding hydrogens is 370 g/mol. The minimum atomic E-state index is -0.0895. The molecule has 0 radical (unpaired) electrons. The van der Waals surface area contributed by atoms with E-state index >= 15 is 0 Å². The number of rotatable bonds is 6. The van der Waals surface area contributed by atoms with Crippen LogP contribution in [-0.4, -0.2) is 21.7 Å². The Morgan fingerprint density at radius 1 is 1.14 bits per heavy atom. The van der Waals surface area contributed by atoms with Gasteiger partial charge in [-0.2, -0.15) is 0 Å². The van der Waals surface area contributed by atoms with Crippen LogP contribution in [0.25, 0.3) is 11.4 Å². The molecule has 0 aliphatic heterocycles. The topological polar surface area (TPSA) is 74.8 Å². The number of aryl methyl sites for hydroxylation is 3. The minimum absolute atomic E-state index is 0.0408. The van der Waals surface area contributed by atoms with Crippen molar-refractivity contribution in [3.8, 4) is 11.4 Å². The van der Waals surface area contributed by atoms with Crippen LogP contribution in [0, 0.1) is 20.8 Å². The number of carbonyl (C=O) groups is 2. The number of hydrogen-bond acceptors (Lipinski definition) is 4. The zero-order chi connectivity index (χ0) is 20.4. The van der Waals surface area contributed by atoms with E-state index in [9.17, 15) is 9.59 Å². The summed E-state index contributed by atoms with van der Waals surface area (Å²) in [6.07, 6.45) is 1.19. The molecule has 28 heavy (non-hydrogen) atoms. The maximum atomic E-state index is 12.4. The SMILES string of the molecule is CCc1ccc(NC(=O)Cc2nc(-c3[nH]c(C)c(C(C)=O)c3C)c(C)s2)cc1. The smallest absolute Gasteiger partial charge is 0.231 e. The third kappa shape index (κ3) is 4.07. The highest BCUT2D eigenvalue weighted by molar-refractivity contribution is 7.12. The summed E-state index contributed by atoms with van der Waals surface area (Å²) < 4.78 is 0. The number of ketones is 1. The number of carbonyl (C=O) groups excluding carboxylic acids is 2. The van der Waals surface area contributed by atoms with Crippen molar-refractivity contribution in [3.63, 3.8) is 0 Å². The molecule has 0 spiro atoms. The van der Waals surface area contributed by atoms with Crippen LogP contribution in [0.1, 0.15) is 50.9 Å². The number of hydrogen-bond donors (Lipinski definition) is 2. The molecule has 0 aliphatic carbocycles. The Labute approximate surface area is 169 Å². The van der Waals surface area contributed by atoms with E-state index in [2.05, 4.69) is 22.2 Å². The van der Waals surface area contributed by atoms with Crippen molar-refractivity contribution < 1.29 is 9.59 Å². The minimum Gasteiger partial charge on any atom is -0.356 e. The van der Waals surface area contributed by atoms with Gasteiger partial charge in [-0.25, -0.2) is 4.98 Å². The molecule has 5 nitrogen and oxygen atoms in total.